The van der Waals surface area contributed by atoms with Crippen molar-refractivity contribution in [2.45, 2.75) is 25.4 Å². The number of ether oxygens (including phenoxy) is 4. The highest BCUT2D eigenvalue weighted by Gasteiger charge is 2.26. The molecule has 3 aliphatic heterocycles. The predicted octanol–water partition coefficient (Wildman–Crippen LogP) is 3.70. The van der Waals surface area contributed by atoms with E-state index in [1.807, 2.05) is 18.2 Å². The fraction of sp³-hybridized carbons (Fsp3) is 0.500. The third kappa shape index (κ3) is 4.65. The molecule has 1 atom stereocenters. The van der Waals surface area contributed by atoms with Crippen LogP contribution >= 0.6 is 12.4 Å². The van der Waals surface area contributed by atoms with Crippen molar-refractivity contribution in [3.8, 4) is 23.0 Å². The van der Waals surface area contributed by atoms with E-state index >= 15 is 0 Å². The van der Waals surface area contributed by atoms with Crippen LogP contribution in [0.4, 0.5) is 5.69 Å². The summed E-state index contributed by atoms with van der Waals surface area (Å²) in [6, 6.07) is 12.3. The quantitative estimate of drug-likeness (QED) is 0.730. The van der Waals surface area contributed by atoms with Crippen LogP contribution in [0.1, 0.15) is 18.4 Å². The molecule has 2 aromatic rings. The van der Waals surface area contributed by atoms with Crippen molar-refractivity contribution in [1.82, 2.24) is 5.32 Å². The molecule has 0 aromatic heterocycles. The Morgan fingerprint density at radius 1 is 1.03 bits per heavy atom. The van der Waals surface area contributed by atoms with Gasteiger partial charge in [0.25, 0.3) is 0 Å². The zero-order valence-corrected chi connectivity index (χ0v) is 18.8. The smallest absolute Gasteiger partial charge is 0.204 e. The maximum atomic E-state index is 6.13. The number of fused-ring (bicyclic) bond motifs is 2. The van der Waals surface area contributed by atoms with Crippen molar-refractivity contribution >= 4 is 18.1 Å². The van der Waals surface area contributed by atoms with Crippen LogP contribution in [-0.4, -0.2) is 52.6 Å². The number of anilines is 1. The van der Waals surface area contributed by atoms with Crippen molar-refractivity contribution in [2.24, 2.45) is 5.92 Å². The summed E-state index contributed by atoms with van der Waals surface area (Å²) in [6.45, 7) is 5.33. The van der Waals surface area contributed by atoms with Crippen LogP contribution in [0.3, 0.4) is 0 Å². The molecule has 0 aliphatic carbocycles. The lowest BCUT2D eigenvalue weighted by Crippen LogP contribution is -2.42. The van der Waals surface area contributed by atoms with Crippen molar-refractivity contribution in [3.05, 3.63) is 42.0 Å². The van der Waals surface area contributed by atoms with E-state index in [4.69, 9.17) is 18.9 Å². The molecule has 31 heavy (non-hydrogen) atoms. The molecule has 1 fully saturated rings. The summed E-state index contributed by atoms with van der Waals surface area (Å²) in [7, 11) is 1.66. The summed E-state index contributed by atoms with van der Waals surface area (Å²) in [5, 5.41) is 3.60. The van der Waals surface area contributed by atoms with Gasteiger partial charge in [0.1, 0.15) is 18.5 Å². The summed E-state index contributed by atoms with van der Waals surface area (Å²) < 4.78 is 23.3. The van der Waals surface area contributed by atoms with Crippen molar-refractivity contribution in [1.29, 1.82) is 0 Å². The molecule has 1 N–H and O–H groups in total. The van der Waals surface area contributed by atoms with Crippen LogP contribution in [0.25, 0.3) is 0 Å². The number of rotatable bonds is 6. The van der Waals surface area contributed by atoms with Gasteiger partial charge < -0.3 is 29.2 Å². The van der Waals surface area contributed by atoms with Gasteiger partial charge >= 0.3 is 0 Å². The number of hydrogen-bond acceptors (Lipinski definition) is 6. The monoisotopic (exact) mass is 446 g/mol. The molecule has 7 heteroatoms. The third-order valence-electron chi connectivity index (χ3n) is 6.33. The Morgan fingerprint density at radius 3 is 2.71 bits per heavy atom. The minimum atomic E-state index is -0.00190. The van der Waals surface area contributed by atoms with Crippen molar-refractivity contribution < 1.29 is 18.9 Å². The van der Waals surface area contributed by atoms with Crippen LogP contribution in [0.2, 0.25) is 0 Å². The zero-order chi connectivity index (χ0) is 20.3. The summed E-state index contributed by atoms with van der Waals surface area (Å²) in [6.07, 6.45) is 3.41. The second-order valence-corrected chi connectivity index (χ2v) is 8.29. The molecule has 2 aromatic carbocycles. The molecule has 3 aliphatic rings. The molecule has 0 bridgehead atoms. The van der Waals surface area contributed by atoms with Crippen molar-refractivity contribution in [3.63, 3.8) is 0 Å². The number of hydrogen-bond donors (Lipinski definition) is 1. The standard InChI is InChI=1S/C24H30N2O4.ClH/c1-27-21-6-3-7-22-24(21)30-19(16-29-22)15-25-14-17-8-11-26(12-9-17)20-5-2-4-18-10-13-28-23(18)20;/h2-7,17,19,25H,8-16H2,1H3;1H. The second kappa shape index (κ2) is 9.88. The van der Waals surface area contributed by atoms with Gasteiger partial charge in [0.15, 0.2) is 11.5 Å². The first-order chi connectivity index (χ1) is 14.8. The molecule has 168 valence electrons. The van der Waals surface area contributed by atoms with E-state index < -0.39 is 0 Å². The van der Waals surface area contributed by atoms with E-state index in [0.717, 1.165) is 56.5 Å². The fourth-order valence-electron chi connectivity index (χ4n) is 4.64. The number of halogens is 1. The van der Waals surface area contributed by atoms with E-state index in [2.05, 4.69) is 28.4 Å². The normalized spacial score (nSPS) is 19.9. The van der Waals surface area contributed by atoms with Gasteiger partial charge in [0.05, 0.1) is 19.4 Å². The number of nitrogens with zero attached hydrogens (tertiary/aromatic N) is 1. The van der Waals surface area contributed by atoms with Crippen LogP contribution < -0.4 is 29.2 Å². The number of nitrogens with one attached hydrogen (secondary N) is 1. The number of methoxy groups -OCH3 is 1. The van der Waals surface area contributed by atoms with Gasteiger partial charge in [-0.15, -0.1) is 12.4 Å². The van der Waals surface area contributed by atoms with E-state index in [1.165, 1.54) is 24.1 Å². The van der Waals surface area contributed by atoms with Crippen LogP contribution in [0.15, 0.2) is 36.4 Å². The highest BCUT2D eigenvalue weighted by Crippen LogP contribution is 2.40. The summed E-state index contributed by atoms with van der Waals surface area (Å²) in [4.78, 5) is 2.49. The SMILES string of the molecule is COc1cccc2c1OC(CNCC1CCN(c3cccc4c3OCC4)CC1)CO2.Cl. The van der Waals surface area contributed by atoms with E-state index in [-0.39, 0.29) is 18.5 Å². The average molecular weight is 447 g/mol. The Balaban J connectivity index is 0.00000231. The highest BCUT2D eigenvalue weighted by molar-refractivity contribution is 5.85. The number of para-hydroxylation sites is 2. The molecule has 6 nitrogen and oxygen atoms in total. The molecule has 1 saturated heterocycles. The largest absolute Gasteiger partial charge is 0.493 e. The Morgan fingerprint density at radius 2 is 1.87 bits per heavy atom. The van der Waals surface area contributed by atoms with Gasteiger partial charge in [0, 0.05) is 26.1 Å². The van der Waals surface area contributed by atoms with E-state index in [1.54, 1.807) is 7.11 Å². The van der Waals surface area contributed by atoms with Gasteiger partial charge in [-0.05, 0) is 49.1 Å². The van der Waals surface area contributed by atoms with E-state index in [0.29, 0.717) is 18.3 Å². The Hall–Kier alpha value is -2.31. The molecular formula is C24H31ClN2O4. The zero-order valence-electron chi connectivity index (χ0n) is 18.0. The Bertz CT molecular complexity index is 872. The Kier molecular flexibility index (Phi) is 6.98. The molecule has 0 amide bonds. The van der Waals surface area contributed by atoms with Crippen LogP contribution in [-0.2, 0) is 6.42 Å². The summed E-state index contributed by atoms with van der Waals surface area (Å²) in [5.74, 6) is 3.99. The predicted molar refractivity (Wildman–Crippen MR) is 124 cm³/mol. The topological polar surface area (TPSA) is 52.2 Å². The van der Waals surface area contributed by atoms with Crippen molar-refractivity contribution in [2.75, 3.05) is 51.4 Å². The molecule has 0 saturated carbocycles. The van der Waals surface area contributed by atoms with Gasteiger partial charge in [-0.1, -0.05) is 18.2 Å². The first-order valence-electron chi connectivity index (χ1n) is 11.0. The minimum Gasteiger partial charge on any atom is -0.493 e. The maximum absolute atomic E-state index is 6.13. The van der Waals surface area contributed by atoms with Gasteiger partial charge in [-0.2, -0.15) is 0 Å². The molecule has 0 radical (unpaired) electrons. The molecule has 0 spiro atoms. The fourth-order valence-corrected chi connectivity index (χ4v) is 4.64. The first-order valence-corrected chi connectivity index (χ1v) is 11.0. The second-order valence-electron chi connectivity index (χ2n) is 8.29. The Labute approximate surface area is 190 Å². The number of piperidine rings is 1. The van der Waals surface area contributed by atoms with E-state index in [9.17, 15) is 0 Å². The summed E-state index contributed by atoms with van der Waals surface area (Å²) >= 11 is 0. The molecular weight excluding hydrogens is 416 g/mol. The lowest BCUT2D eigenvalue weighted by Gasteiger charge is -2.35. The van der Waals surface area contributed by atoms with Crippen LogP contribution in [0.5, 0.6) is 23.0 Å². The first kappa shape index (κ1) is 21.9. The van der Waals surface area contributed by atoms with Gasteiger partial charge in [0.2, 0.25) is 5.75 Å². The third-order valence-corrected chi connectivity index (χ3v) is 6.33. The molecule has 3 heterocycles. The molecule has 1 unspecified atom stereocenters. The van der Waals surface area contributed by atoms with Gasteiger partial charge in [-0.25, -0.2) is 0 Å². The lowest BCUT2D eigenvalue weighted by atomic mass is 9.96. The highest BCUT2D eigenvalue weighted by atomic mass is 35.5. The summed E-state index contributed by atoms with van der Waals surface area (Å²) in [5.41, 5.74) is 2.63. The number of benzene rings is 2. The average Bonchev–Trinajstić information content (AvgIpc) is 3.28. The van der Waals surface area contributed by atoms with Crippen LogP contribution in [0, 0.1) is 5.92 Å². The lowest BCUT2D eigenvalue weighted by molar-refractivity contribution is 0.0855. The maximum Gasteiger partial charge on any atom is 0.204 e. The minimum absolute atomic E-state index is 0. The van der Waals surface area contributed by atoms with Gasteiger partial charge in [-0.3, -0.25) is 0 Å². The molecule has 5 rings (SSSR count).